The first-order valence-electron chi connectivity index (χ1n) is 8.22. The van der Waals surface area contributed by atoms with Crippen molar-refractivity contribution in [1.29, 1.82) is 0 Å². The molecule has 0 spiro atoms. The summed E-state index contributed by atoms with van der Waals surface area (Å²) in [6.07, 6.45) is 0.108. The largest absolute Gasteiger partial charge is 0.491 e. The molecule has 1 atom stereocenters. The highest BCUT2D eigenvalue weighted by Gasteiger charge is 2.44. The Bertz CT molecular complexity index is 681. The Balaban J connectivity index is 0.00000243. The van der Waals surface area contributed by atoms with Gasteiger partial charge in [0, 0.05) is 30.5 Å². The van der Waals surface area contributed by atoms with Crippen LogP contribution in [-0.4, -0.2) is 53.5 Å². The Morgan fingerprint density at radius 1 is 1.35 bits per heavy atom. The summed E-state index contributed by atoms with van der Waals surface area (Å²) in [4.78, 5) is 25.8. The van der Waals surface area contributed by atoms with Gasteiger partial charge >= 0.3 is 0 Å². The maximum atomic E-state index is 15.1. The summed E-state index contributed by atoms with van der Waals surface area (Å²) in [7, 11) is 0. The average Bonchev–Trinajstić information content (AvgIpc) is 2.79. The van der Waals surface area contributed by atoms with Crippen LogP contribution >= 0.6 is 13.5 Å². The summed E-state index contributed by atoms with van der Waals surface area (Å²) in [5, 5.41) is 8.73. The summed E-state index contributed by atoms with van der Waals surface area (Å²) in [6, 6.07) is 4.35. The Morgan fingerprint density at radius 3 is 2.69 bits per heavy atom. The van der Waals surface area contributed by atoms with Gasteiger partial charge in [0.1, 0.15) is 12.4 Å². The predicted octanol–water partition coefficient (Wildman–Crippen LogP) is 1.55. The van der Waals surface area contributed by atoms with Crippen molar-refractivity contribution in [2.24, 2.45) is 0 Å². The number of benzene rings is 1. The molecule has 2 amide bonds. The molecule has 0 aliphatic carbocycles. The smallest absolute Gasteiger partial charge is 0.274 e. The molecule has 0 aromatic heterocycles. The first-order valence-corrected chi connectivity index (χ1v) is 8.22. The Morgan fingerprint density at radius 2 is 2.04 bits per heavy atom. The number of halogens is 1. The molecule has 0 radical (unpaired) electrons. The van der Waals surface area contributed by atoms with Gasteiger partial charge in [0.15, 0.2) is 5.67 Å². The first-order chi connectivity index (χ1) is 11.9. The van der Waals surface area contributed by atoms with E-state index in [4.69, 9.17) is 14.7 Å². The van der Waals surface area contributed by atoms with Crippen molar-refractivity contribution in [2.75, 3.05) is 19.8 Å². The number of amides is 2. The average molecular weight is 386 g/mol. The van der Waals surface area contributed by atoms with E-state index >= 15 is 4.39 Å². The third-order valence-electron chi connectivity index (χ3n) is 4.71. The van der Waals surface area contributed by atoms with Crippen molar-refractivity contribution in [1.82, 2.24) is 10.4 Å². The molecule has 144 valence electrons. The van der Waals surface area contributed by atoms with E-state index in [-0.39, 0.29) is 64.3 Å². The van der Waals surface area contributed by atoms with E-state index < -0.39 is 17.5 Å². The van der Waals surface area contributed by atoms with E-state index in [1.165, 1.54) is 17.0 Å². The van der Waals surface area contributed by atoms with Crippen LogP contribution in [0.1, 0.15) is 35.7 Å². The fourth-order valence-electron chi connectivity index (χ4n) is 3.10. The molecule has 3 rings (SSSR count). The van der Waals surface area contributed by atoms with Crippen LogP contribution in [0.15, 0.2) is 18.2 Å². The molecule has 26 heavy (non-hydrogen) atoms. The topological polar surface area (TPSA) is 88.1 Å². The zero-order valence-electron chi connectivity index (χ0n) is 14.5. The second kappa shape index (κ2) is 8.24. The molecule has 1 saturated heterocycles. The number of fused-ring (bicyclic) bond motifs is 1. The Kier molecular flexibility index (Phi) is 6.48. The van der Waals surface area contributed by atoms with Gasteiger partial charge in [-0.15, -0.1) is 0 Å². The fourth-order valence-corrected chi connectivity index (χ4v) is 3.10. The number of hydrogen-bond acceptors (Lipinski definition) is 5. The number of rotatable bonds is 2. The van der Waals surface area contributed by atoms with Crippen LogP contribution in [-0.2, 0) is 16.1 Å². The second-order valence-electron chi connectivity index (χ2n) is 6.43. The first kappa shape index (κ1) is 20.5. The molecule has 0 saturated carbocycles. The van der Waals surface area contributed by atoms with E-state index in [0.717, 1.165) is 0 Å². The number of nitrogens with one attached hydrogen (secondary N) is 1. The summed E-state index contributed by atoms with van der Waals surface area (Å²) in [5.41, 5.74) is 0.577. The lowest BCUT2D eigenvalue weighted by Crippen LogP contribution is -2.52. The van der Waals surface area contributed by atoms with Gasteiger partial charge in [-0.2, -0.15) is 13.5 Å². The minimum absolute atomic E-state index is 0. The maximum absolute atomic E-state index is 15.1. The molecular formula is C17H23FN2O5S. The van der Waals surface area contributed by atoms with Gasteiger partial charge < -0.3 is 14.4 Å². The van der Waals surface area contributed by atoms with Crippen molar-refractivity contribution < 1.29 is 28.7 Å². The zero-order valence-corrected chi connectivity index (χ0v) is 15.5. The minimum Gasteiger partial charge on any atom is -0.491 e. The molecular weight excluding hydrogens is 363 g/mol. The van der Waals surface area contributed by atoms with Crippen molar-refractivity contribution >= 4 is 25.3 Å². The number of ether oxygens (including phenoxy) is 2. The van der Waals surface area contributed by atoms with E-state index in [1.54, 1.807) is 18.5 Å². The molecule has 0 unspecified atom stereocenters. The van der Waals surface area contributed by atoms with Crippen molar-refractivity contribution in [2.45, 2.75) is 38.0 Å². The molecule has 2 aliphatic rings. The highest BCUT2D eigenvalue weighted by atomic mass is 32.1. The molecule has 1 aromatic carbocycles. The summed E-state index contributed by atoms with van der Waals surface area (Å²) in [6.45, 7) is 2.65. The molecule has 0 bridgehead atoms. The standard InChI is InChI=1S/C17H21FN2O5.H2S/c1-11-10-25-14-8-12(15(21)19-23)2-3-13(14)9-20(11)16(22)17(18)4-6-24-7-5-17;/h2-3,8,11,23H,4-7,9-10H2,1H3,(H,19,21);1H2/t11-;/m0./s1. The van der Waals surface area contributed by atoms with Crippen LogP contribution in [0.2, 0.25) is 0 Å². The lowest BCUT2D eigenvalue weighted by atomic mass is 9.94. The number of alkyl halides is 1. The van der Waals surface area contributed by atoms with Crippen molar-refractivity contribution in [3.63, 3.8) is 0 Å². The maximum Gasteiger partial charge on any atom is 0.274 e. The van der Waals surface area contributed by atoms with E-state index in [0.29, 0.717) is 11.3 Å². The monoisotopic (exact) mass is 386 g/mol. The highest BCUT2D eigenvalue weighted by molar-refractivity contribution is 7.59. The van der Waals surface area contributed by atoms with Gasteiger partial charge in [0.05, 0.1) is 19.3 Å². The second-order valence-corrected chi connectivity index (χ2v) is 6.43. The molecule has 2 heterocycles. The van der Waals surface area contributed by atoms with Gasteiger partial charge in [-0.25, -0.2) is 9.87 Å². The molecule has 1 fully saturated rings. The van der Waals surface area contributed by atoms with Crippen LogP contribution in [0, 0.1) is 0 Å². The van der Waals surface area contributed by atoms with Crippen molar-refractivity contribution in [3.05, 3.63) is 29.3 Å². The zero-order chi connectivity index (χ0) is 18.0. The van der Waals surface area contributed by atoms with Gasteiger partial charge in [0.25, 0.3) is 11.8 Å². The van der Waals surface area contributed by atoms with Crippen LogP contribution in [0.3, 0.4) is 0 Å². The van der Waals surface area contributed by atoms with Gasteiger partial charge in [-0.05, 0) is 19.1 Å². The SMILES string of the molecule is C[C@H]1COc2cc(C(=O)NO)ccc2CN1C(=O)C1(F)CCOCC1.S. The van der Waals surface area contributed by atoms with Crippen molar-refractivity contribution in [3.8, 4) is 5.75 Å². The summed E-state index contributed by atoms with van der Waals surface area (Å²) in [5.74, 6) is -0.749. The third kappa shape index (κ3) is 3.94. The predicted molar refractivity (Wildman–Crippen MR) is 95.5 cm³/mol. The lowest BCUT2D eigenvalue weighted by Gasteiger charge is -2.35. The van der Waals surface area contributed by atoms with Gasteiger partial charge in [-0.3, -0.25) is 14.8 Å². The summed E-state index contributed by atoms with van der Waals surface area (Å²) >= 11 is 0. The molecule has 7 nitrogen and oxygen atoms in total. The normalized spacial score (nSPS) is 21.5. The lowest BCUT2D eigenvalue weighted by molar-refractivity contribution is -0.153. The highest BCUT2D eigenvalue weighted by Crippen LogP contribution is 2.32. The number of hydroxylamine groups is 1. The summed E-state index contributed by atoms with van der Waals surface area (Å²) < 4.78 is 25.9. The number of carbonyl (C=O) groups is 2. The van der Waals surface area contributed by atoms with Crippen LogP contribution in [0.4, 0.5) is 4.39 Å². The molecule has 2 N–H and O–H groups in total. The molecule has 2 aliphatic heterocycles. The third-order valence-corrected chi connectivity index (χ3v) is 4.71. The minimum atomic E-state index is -1.91. The van der Waals surface area contributed by atoms with Crippen LogP contribution < -0.4 is 10.2 Å². The number of nitrogens with zero attached hydrogens (tertiary/aromatic N) is 1. The molecule has 1 aromatic rings. The van der Waals surface area contributed by atoms with Gasteiger partial charge in [-0.1, -0.05) is 6.07 Å². The van der Waals surface area contributed by atoms with E-state index in [9.17, 15) is 9.59 Å². The number of hydrogen-bond donors (Lipinski definition) is 2. The Labute approximate surface area is 157 Å². The van der Waals surface area contributed by atoms with Crippen LogP contribution in [0.25, 0.3) is 0 Å². The Hall–Kier alpha value is -1.84. The number of carbonyl (C=O) groups excluding carboxylic acids is 2. The quantitative estimate of drug-likeness (QED) is 0.595. The van der Waals surface area contributed by atoms with E-state index in [2.05, 4.69) is 0 Å². The fraction of sp³-hybridized carbons (Fsp3) is 0.529. The molecule has 9 heteroatoms. The van der Waals surface area contributed by atoms with Gasteiger partial charge in [0.2, 0.25) is 0 Å². The van der Waals surface area contributed by atoms with E-state index in [1.807, 2.05) is 0 Å². The van der Waals surface area contributed by atoms with Crippen LogP contribution in [0.5, 0.6) is 5.75 Å².